The summed E-state index contributed by atoms with van der Waals surface area (Å²) in [5.41, 5.74) is 1.29. The lowest BCUT2D eigenvalue weighted by Gasteiger charge is -2.28. The van der Waals surface area contributed by atoms with Crippen molar-refractivity contribution in [1.82, 2.24) is 9.88 Å². The van der Waals surface area contributed by atoms with E-state index in [0.29, 0.717) is 54.3 Å². The number of rotatable bonds is 13. The molecule has 0 radical (unpaired) electrons. The molecule has 1 aromatic heterocycles. The predicted octanol–water partition coefficient (Wildman–Crippen LogP) is 5.29. The molecule has 4 rings (SSSR count). The standard InChI is InChI=1S/C28H37N3O6S.ClH/c1-5-35-23-17-20(18-24(36-6-2)26(23)37-7-3)27(32)31(12-8-11-30-13-15-34-16-14-30)28-29-22-10-9-21(33-4)19-25(22)38-28;/h9-10,17-19H,5-8,11-16H2,1-4H3;1H. The number of carbonyl (C=O) groups excluding carboxylic acids is 1. The third-order valence-corrected chi connectivity index (χ3v) is 7.22. The molecule has 0 N–H and O–H groups in total. The molecule has 39 heavy (non-hydrogen) atoms. The third kappa shape index (κ3) is 7.66. The zero-order valence-corrected chi connectivity index (χ0v) is 24.7. The Morgan fingerprint density at radius 3 is 2.31 bits per heavy atom. The van der Waals surface area contributed by atoms with Crippen LogP contribution in [0.5, 0.6) is 23.0 Å². The molecule has 0 unspecified atom stereocenters. The molecule has 0 saturated carbocycles. The van der Waals surface area contributed by atoms with Gasteiger partial charge in [-0.1, -0.05) is 11.3 Å². The lowest BCUT2D eigenvalue weighted by molar-refractivity contribution is 0.0376. The Labute approximate surface area is 240 Å². The molecule has 2 heterocycles. The highest BCUT2D eigenvalue weighted by atomic mass is 35.5. The van der Waals surface area contributed by atoms with Crippen molar-refractivity contribution < 1.29 is 28.5 Å². The molecule has 1 saturated heterocycles. The SMILES string of the molecule is CCOc1cc(C(=O)N(CCCN2CCOCC2)c2nc3ccc(OC)cc3s2)cc(OCC)c1OCC.Cl. The molecule has 0 spiro atoms. The zero-order valence-electron chi connectivity index (χ0n) is 23.1. The van der Waals surface area contributed by atoms with Crippen LogP contribution in [0.25, 0.3) is 10.2 Å². The van der Waals surface area contributed by atoms with Gasteiger partial charge >= 0.3 is 0 Å². The Balaban J connectivity index is 0.00000420. The fourth-order valence-corrected chi connectivity index (χ4v) is 5.38. The Bertz CT molecular complexity index is 1190. The van der Waals surface area contributed by atoms with Crippen molar-refractivity contribution in [3.63, 3.8) is 0 Å². The van der Waals surface area contributed by atoms with E-state index in [-0.39, 0.29) is 18.3 Å². The molecule has 1 fully saturated rings. The molecule has 1 aliphatic rings. The van der Waals surface area contributed by atoms with Gasteiger partial charge in [-0.05, 0) is 57.5 Å². The first kappa shape index (κ1) is 30.7. The summed E-state index contributed by atoms with van der Waals surface area (Å²) in [5.74, 6) is 2.09. The predicted molar refractivity (Wildman–Crippen MR) is 157 cm³/mol. The number of aromatic nitrogens is 1. The van der Waals surface area contributed by atoms with Crippen molar-refractivity contribution >= 4 is 45.0 Å². The van der Waals surface area contributed by atoms with Gasteiger partial charge in [0.2, 0.25) is 5.75 Å². The van der Waals surface area contributed by atoms with Crippen LogP contribution in [0.3, 0.4) is 0 Å². The summed E-state index contributed by atoms with van der Waals surface area (Å²) in [6, 6.07) is 9.23. The van der Waals surface area contributed by atoms with Crippen LogP contribution >= 0.6 is 23.7 Å². The molecule has 3 aromatic rings. The monoisotopic (exact) mass is 579 g/mol. The summed E-state index contributed by atoms with van der Waals surface area (Å²) in [5, 5.41) is 0.644. The number of benzene rings is 2. The Morgan fingerprint density at radius 2 is 1.69 bits per heavy atom. The van der Waals surface area contributed by atoms with E-state index in [0.717, 1.165) is 55.2 Å². The number of fused-ring (bicyclic) bond motifs is 1. The first-order chi connectivity index (χ1) is 18.6. The second kappa shape index (κ2) is 15.1. The van der Waals surface area contributed by atoms with Crippen LogP contribution in [-0.4, -0.2) is 82.1 Å². The maximum Gasteiger partial charge on any atom is 0.260 e. The minimum Gasteiger partial charge on any atom is -0.497 e. The molecule has 214 valence electrons. The summed E-state index contributed by atoms with van der Waals surface area (Å²) in [6.45, 7) is 11.7. The summed E-state index contributed by atoms with van der Waals surface area (Å²) in [6.07, 6.45) is 0.804. The van der Waals surface area contributed by atoms with Crippen molar-refractivity contribution in [2.24, 2.45) is 0 Å². The number of thiazole rings is 1. The third-order valence-electron chi connectivity index (χ3n) is 6.18. The van der Waals surface area contributed by atoms with Gasteiger partial charge in [-0.15, -0.1) is 12.4 Å². The van der Waals surface area contributed by atoms with E-state index < -0.39 is 0 Å². The average Bonchev–Trinajstić information content (AvgIpc) is 3.36. The van der Waals surface area contributed by atoms with Crippen LogP contribution in [0, 0.1) is 0 Å². The quantitative estimate of drug-likeness (QED) is 0.270. The molecule has 0 bridgehead atoms. The molecule has 1 amide bonds. The van der Waals surface area contributed by atoms with E-state index in [1.54, 1.807) is 24.1 Å². The Hall–Kier alpha value is -2.79. The maximum atomic E-state index is 14.1. The van der Waals surface area contributed by atoms with E-state index in [9.17, 15) is 4.79 Å². The van der Waals surface area contributed by atoms with E-state index in [4.69, 9.17) is 28.7 Å². The van der Waals surface area contributed by atoms with E-state index in [2.05, 4.69) is 4.90 Å². The molecular weight excluding hydrogens is 542 g/mol. The van der Waals surface area contributed by atoms with Gasteiger partial charge in [-0.3, -0.25) is 14.6 Å². The summed E-state index contributed by atoms with van der Waals surface area (Å²) >= 11 is 1.48. The van der Waals surface area contributed by atoms with Crippen LogP contribution in [0.15, 0.2) is 30.3 Å². The highest BCUT2D eigenvalue weighted by molar-refractivity contribution is 7.22. The average molecular weight is 580 g/mol. The summed E-state index contributed by atoms with van der Waals surface area (Å²) < 4.78 is 29.4. The molecule has 1 aliphatic heterocycles. The molecule has 9 nitrogen and oxygen atoms in total. The summed E-state index contributed by atoms with van der Waals surface area (Å²) in [4.78, 5) is 23.0. The minimum absolute atomic E-state index is 0. The van der Waals surface area contributed by atoms with Crippen LogP contribution in [0.1, 0.15) is 37.6 Å². The van der Waals surface area contributed by atoms with Gasteiger partial charge in [0.05, 0.1) is 50.4 Å². The van der Waals surface area contributed by atoms with E-state index >= 15 is 0 Å². The highest BCUT2D eigenvalue weighted by Gasteiger charge is 2.25. The van der Waals surface area contributed by atoms with E-state index in [1.807, 2.05) is 39.0 Å². The van der Waals surface area contributed by atoms with Crippen molar-refractivity contribution in [2.75, 3.05) is 71.2 Å². The van der Waals surface area contributed by atoms with Gasteiger partial charge in [0.1, 0.15) is 5.75 Å². The molecule has 0 aliphatic carbocycles. The number of carbonyl (C=O) groups is 1. The van der Waals surface area contributed by atoms with Crippen molar-refractivity contribution in [2.45, 2.75) is 27.2 Å². The second-order valence-electron chi connectivity index (χ2n) is 8.70. The van der Waals surface area contributed by atoms with Crippen molar-refractivity contribution in [1.29, 1.82) is 0 Å². The van der Waals surface area contributed by atoms with Crippen LogP contribution in [-0.2, 0) is 4.74 Å². The van der Waals surface area contributed by atoms with Gasteiger partial charge in [0, 0.05) is 31.7 Å². The summed E-state index contributed by atoms with van der Waals surface area (Å²) in [7, 11) is 1.64. The smallest absolute Gasteiger partial charge is 0.260 e. The molecule has 0 atom stereocenters. The lowest BCUT2D eigenvalue weighted by atomic mass is 10.1. The number of methoxy groups -OCH3 is 1. The number of halogens is 1. The molecular formula is C28H38ClN3O6S. The highest BCUT2D eigenvalue weighted by Crippen LogP contribution is 2.40. The first-order valence-corrected chi connectivity index (χ1v) is 14.0. The van der Waals surface area contributed by atoms with Crippen molar-refractivity contribution in [3.05, 3.63) is 35.9 Å². The Morgan fingerprint density at radius 1 is 1.03 bits per heavy atom. The number of nitrogens with zero attached hydrogens (tertiary/aromatic N) is 3. The van der Waals surface area contributed by atoms with Crippen LogP contribution in [0.2, 0.25) is 0 Å². The normalized spacial score (nSPS) is 13.5. The van der Waals surface area contributed by atoms with Gasteiger partial charge in [0.15, 0.2) is 16.6 Å². The fraction of sp³-hybridized carbons (Fsp3) is 0.500. The lowest BCUT2D eigenvalue weighted by Crippen LogP contribution is -2.39. The molecule has 11 heteroatoms. The molecule has 2 aromatic carbocycles. The van der Waals surface area contributed by atoms with Gasteiger partial charge < -0.3 is 23.7 Å². The van der Waals surface area contributed by atoms with Gasteiger partial charge in [-0.25, -0.2) is 4.98 Å². The number of hydrogen-bond donors (Lipinski definition) is 0. The van der Waals surface area contributed by atoms with E-state index in [1.165, 1.54) is 11.3 Å². The van der Waals surface area contributed by atoms with Crippen LogP contribution < -0.4 is 23.8 Å². The number of amides is 1. The fourth-order valence-electron chi connectivity index (χ4n) is 4.36. The topological polar surface area (TPSA) is 82.6 Å². The minimum atomic E-state index is -0.164. The first-order valence-electron chi connectivity index (χ1n) is 13.2. The van der Waals surface area contributed by atoms with Crippen molar-refractivity contribution in [3.8, 4) is 23.0 Å². The zero-order chi connectivity index (χ0) is 26.9. The maximum absolute atomic E-state index is 14.1. The second-order valence-corrected chi connectivity index (χ2v) is 9.70. The number of morpholine rings is 1. The number of anilines is 1. The number of ether oxygens (including phenoxy) is 5. The van der Waals surface area contributed by atoms with Gasteiger partial charge in [-0.2, -0.15) is 0 Å². The Kier molecular flexibility index (Phi) is 11.9. The van der Waals surface area contributed by atoms with Crippen LogP contribution in [0.4, 0.5) is 5.13 Å². The van der Waals surface area contributed by atoms with Gasteiger partial charge in [0.25, 0.3) is 5.91 Å². The largest absolute Gasteiger partial charge is 0.497 e. The number of hydrogen-bond acceptors (Lipinski definition) is 9.